The molecule has 1 heterocycles. The van der Waals surface area contributed by atoms with Gasteiger partial charge in [0.05, 0.1) is 6.61 Å². The lowest BCUT2D eigenvalue weighted by atomic mass is 10.1. The van der Waals surface area contributed by atoms with Crippen molar-refractivity contribution >= 4 is 15.7 Å². The monoisotopic (exact) mass is 372 g/mol. The third-order valence-electron chi connectivity index (χ3n) is 3.78. The molecule has 2 unspecified atom stereocenters. The van der Waals surface area contributed by atoms with Crippen LogP contribution in [0.25, 0.3) is 0 Å². The fraction of sp³-hybridized carbons (Fsp3) is 0.467. The zero-order valence-corrected chi connectivity index (χ0v) is 14.6. The summed E-state index contributed by atoms with van der Waals surface area (Å²) in [5.74, 6) is 3.78. The number of aliphatic hydroxyl groups excluding tert-OH is 2. The molecular weight excluding hydrogens is 352 g/mol. The molecule has 0 fully saturated rings. The van der Waals surface area contributed by atoms with Crippen LogP contribution in [0.15, 0.2) is 23.1 Å². The van der Waals surface area contributed by atoms with Crippen LogP contribution >= 0.6 is 0 Å². The highest BCUT2D eigenvalue weighted by Gasteiger charge is 2.43. The fourth-order valence-electron chi connectivity index (χ4n) is 1.90. The Morgan fingerprint density at radius 3 is 2.60 bits per heavy atom. The predicted molar refractivity (Wildman–Crippen MR) is 88.5 cm³/mol. The summed E-state index contributed by atoms with van der Waals surface area (Å²) in [7, 11) is -3.85. The van der Waals surface area contributed by atoms with E-state index in [2.05, 4.69) is 11.8 Å². The van der Waals surface area contributed by atoms with Crippen molar-refractivity contribution in [3.8, 4) is 11.8 Å². The van der Waals surface area contributed by atoms with Crippen LogP contribution in [0, 0.1) is 11.8 Å². The second-order valence-electron chi connectivity index (χ2n) is 5.61. The number of carbonyl (C=O) groups excluding carboxylic acids is 1. The Kier molecular flexibility index (Phi) is 6.89. The quantitative estimate of drug-likeness (QED) is 0.263. The molecule has 1 rings (SSSR count). The van der Waals surface area contributed by atoms with E-state index in [-0.39, 0.29) is 13.0 Å². The Morgan fingerprint density at radius 2 is 2.12 bits per heavy atom. The molecule has 1 aromatic heterocycles. The number of pyridine rings is 1. The summed E-state index contributed by atoms with van der Waals surface area (Å²) in [6.07, 6.45) is 0.801. The molecule has 0 radical (unpaired) electrons. The van der Waals surface area contributed by atoms with Crippen LogP contribution in [-0.4, -0.2) is 58.0 Å². The van der Waals surface area contributed by atoms with E-state index in [9.17, 15) is 18.0 Å². The van der Waals surface area contributed by atoms with Crippen molar-refractivity contribution in [2.75, 3.05) is 12.9 Å². The van der Waals surface area contributed by atoms with Crippen LogP contribution in [0.1, 0.15) is 18.9 Å². The molecule has 0 bridgehead atoms. The number of amides is 1. The van der Waals surface area contributed by atoms with Gasteiger partial charge in [0.2, 0.25) is 0 Å². The van der Waals surface area contributed by atoms with Gasteiger partial charge in [-0.2, -0.15) is 0 Å². The molecule has 0 aliphatic rings. The minimum atomic E-state index is -3.85. The maximum absolute atomic E-state index is 12.0. The van der Waals surface area contributed by atoms with Crippen molar-refractivity contribution in [1.29, 1.82) is 0 Å². The first-order valence-corrected chi connectivity index (χ1v) is 9.09. The van der Waals surface area contributed by atoms with Gasteiger partial charge in [0.15, 0.2) is 14.6 Å². The van der Waals surface area contributed by atoms with E-state index >= 15 is 0 Å². The number of hydroxylamine groups is 1. The summed E-state index contributed by atoms with van der Waals surface area (Å²) >= 11 is 0. The molecule has 0 saturated carbocycles. The maximum atomic E-state index is 12.0. The molecule has 0 saturated heterocycles. The molecule has 0 aliphatic heterocycles. The average molecular weight is 372 g/mol. The van der Waals surface area contributed by atoms with Crippen LogP contribution in [0.4, 0.5) is 0 Å². The van der Waals surface area contributed by atoms with Crippen LogP contribution < -0.4 is 11.0 Å². The third-order valence-corrected chi connectivity index (χ3v) is 5.81. The number of aryl methyl sites for hydroxylation is 1. The third kappa shape index (κ3) is 5.14. The average Bonchev–Trinajstić information content (AvgIpc) is 2.56. The maximum Gasteiger partial charge on any atom is 0.264 e. The molecule has 138 valence electrons. The molecule has 9 nitrogen and oxygen atoms in total. The number of hydrogen-bond acceptors (Lipinski definition) is 7. The smallest absolute Gasteiger partial charge is 0.264 e. The van der Waals surface area contributed by atoms with Gasteiger partial charge < -0.3 is 14.8 Å². The number of carbonyl (C=O) groups is 1. The SMILES string of the molecule is CC(CCn1ccc(C#CC(O)CO)cc1=O)(C(=O)NO)S(C)(=O)=O. The van der Waals surface area contributed by atoms with Gasteiger partial charge in [-0.3, -0.25) is 14.8 Å². The van der Waals surface area contributed by atoms with Crippen molar-refractivity contribution in [1.82, 2.24) is 10.0 Å². The number of nitrogens with one attached hydrogen (secondary N) is 1. The van der Waals surface area contributed by atoms with Gasteiger partial charge in [-0.05, 0) is 19.4 Å². The number of aromatic nitrogens is 1. The zero-order valence-electron chi connectivity index (χ0n) is 13.8. The van der Waals surface area contributed by atoms with Gasteiger partial charge in [-0.1, -0.05) is 11.8 Å². The Bertz CT molecular complexity index is 851. The number of nitrogens with zero attached hydrogens (tertiary/aromatic N) is 1. The Hall–Kier alpha value is -2.19. The topological polar surface area (TPSA) is 146 Å². The number of rotatable bonds is 6. The van der Waals surface area contributed by atoms with Gasteiger partial charge in [0.1, 0.15) is 6.10 Å². The first-order chi connectivity index (χ1) is 11.5. The summed E-state index contributed by atoms with van der Waals surface area (Å²) in [4.78, 5) is 23.8. The highest BCUT2D eigenvalue weighted by atomic mass is 32.2. The first kappa shape index (κ1) is 20.9. The molecule has 4 N–H and O–H groups in total. The lowest BCUT2D eigenvalue weighted by Crippen LogP contribution is -2.49. The fourth-order valence-corrected chi connectivity index (χ4v) is 2.75. The highest BCUT2D eigenvalue weighted by molar-refractivity contribution is 7.92. The molecule has 10 heteroatoms. The molecular formula is C15H20N2O7S. The Labute approximate surface area is 144 Å². The van der Waals surface area contributed by atoms with Crippen molar-refractivity contribution in [2.24, 2.45) is 0 Å². The van der Waals surface area contributed by atoms with E-state index in [4.69, 9.17) is 15.4 Å². The minimum absolute atomic E-state index is 0.0806. The number of aliphatic hydroxyl groups is 2. The molecule has 0 aliphatic carbocycles. The summed E-state index contributed by atoms with van der Waals surface area (Å²) in [6.45, 7) is 0.554. The molecule has 25 heavy (non-hydrogen) atoms. The van der Waals surface area contributed by atoms with Gasteiger partial charge in [-0.25, -0.2) is 13.9 Å². The molecule has 2 atom stereocenters. The largest absolute Gasteiger partial charge is 0.393 e. The van der Waals surface area contributed by atoms with Crippen molar-refractivity contribution in [3.05, 3.63) is 34.2 Å². The second kappa shape index (κ2) is 8.26. The summed E-state index contributed by atoms with van der Waals surface area (Å²) in [5.41, 5.74) is 1.17. The predicted octanol–water partition coefficient (Wildman–Crippen LogP) is -1.75. The Morgan fingerprint density at radius 1 is 1.48 bits per heavy atom. The minimum Gasteiger partial charge on any atom is -0.393 e. The van der Waals surface area contributed by atoms with Crippen molar-refractivity contribution in [2.45, 2.75) is 30.7 Å². The summed E-state index contributed by atoms with van der Waals surface area (Å²) < 4.78 is 23.0. The lowest BCUT2D eigenvalue weighted by molar-refractivity contribution is -0.131. The molecule has 1 aromatic rings. The molecule has 0 aromatic carbocycles. The Balaban J connectivity index is 3.02. The highest BCUT2D eigenvalue weighted by Crippen LogP contribution is 2.21. The standard InChI is InChI=1S/C15H20N2O7S/c1-15(14(21)16-22,25(2,23)24)6-8-17-7-5-11(9-13(17)20)3-4-12(19)10-18/h5,7,9,12,18-19,22H,6,8,10H2,1-2H3,(H,16,21). The normalized spacial score (nSPS) is 14.8. The van der Waals surface area contributed by atoms with Gasteiger partial charge in [-0.15, -0.1) is 0 Å². The van der Waals surface area contributed by atoms with E-state index in [0.717, 1.165) is 13.2 Å². The summed E-state index contributed by atoms with van der Waals surface area (Å²) in [6, 6.07) is 2.66. The molecule has 0 spiro atoms. The van der Waals surface area contributed by atoms with Crippen molar-refractivity contribution in [3.63, 3.8) is 0 Å². The van der Waals surface area contributed by atoms with E-state index in [0.29, 0.717) is 5.56 Å². The van der Waals surface area contributed by atoms with Gasteiger partial charge in [0.25, 0.3) is 11.5 Å². The van der Waals surface area contributed by atoms with E-state index in [1.54, 1.807) is 0 Å². The number of hydrogen-bond donors (Lipinski definition) is 4. The van der Waals surface area contributed by atoms with Crippen LogP contribution in [-0.2, 0) is 21.2 Å². The second-order valence-corrected chi connectivity index (χ2v) is 8.05. The van der Waals surface area contributed by atoms with Crippen LogP contribution in [0.2, 0.25) is 0 Å². The van der Waals surface area contributed by atoms with Crippen LogP contribution in [0.3, 0.4) is 0 Å². The summed E-state index contributed by atoms with van der Waals surface area (Å²) in [5, 5.41) is 26.6. The van der Waals surface area contributed by atoms with Crippen LogP contribution in [0.5, 0.6) is 0 Å². The van der Waals surface area contributed by atoms with E-state index in [1.165, 1.54) is 28.4 Å². The number of sulfone groups is 1. The lowest BCUT2D eigenvalue weighted by Gasteiger charge is -2.25. The van der Waals surface area contributed by atoms with E-state index < -0.39 is 38.8 Å². The van der Waals surface area contributed by atoms with Gasteiger partial charge in [0, 0.05) is 30.6 Å². The van der Waals surface area contributed by atoms with E-state index in [1.807, 2.05) is 0 Å². The zero-order chi connectivity index (χ0) is 19.3. The van der Waals surface area contributed by atoms with Gasteiger partial charge >= 0.3 is 0 Å². The first-order valence-electron chi connectivity index (χ1n) is 7.20. The van der Waals surface area contributed by atoms with Crippen molar-refractivity contribution < 1.29 is 28.6 Å². The molecule has 1 amide bonds.